The number of nitrogens with zero attached hydrogens (tertiary/aromatic N) is 1. The summed E-state index contributed by atoms with van der Waals surface area (Å²) in [5.74, 6) is 0.268. The van der Waals surface area contributed by atoms with E-state index in [1.54, 1.807) is 0 Å². The fourth-order valence-electron chi connectivity index (χ4n) is 4.22. The van der Waals surface area contributed by atoms with Gasteiger partial charge in [-0.25, -0.2) is 0 Å². The predicted octanol–water partition coefficient (Wildman–Crippen LogP) is 3.14. The zero-order chi connectivity index (χ0) is 17.7. The van der Waals surface area contributed by atoms with E-state index in [1.807, 2.05) is 17.9 Å². The maximum atomic E-state index is 12.9. The molecule has 1 aromatic rings. The summed E-state index contributed by atoms with van der Waals surface area (Å²) in [4.78, 5) is 14.9. The third kappa shape index (κ3) is 4.83. The minimum absolute atomic E-state index is 0.00296. The first-order chi connectivity index (χ1) is 12.1. The topological polar surface area (TPSA) is 55.6 Å². The molecular formula is C21H32N2O2. The lowest BCUT2D eigenvalue weighted by molar-refractivity contribution is -0.141. The average Bonchev–Trinajstić information content (AvgIpc) is 2.62. The molecule has 1 saturated heterocycles. The quantitative estimate of drug-likeness (QED) is 0.893. The molecule has 1 amide bonds. The second kappa shape index (κ2) is 8.33. The van der Waals surface area contributed by atoms with Gasteiger partial charge in [-0.05, 0) is 44.6 Å². The third-order valence-corrected chi connectivity index (χ3v) is 5.89. The Labute approximate surface area is 151 Å². The van der Waals surface area contributed by atoms with Gasteiger partial charge in [-0.2, -0.15) is 0 Å². The molecule has 4 nitrogen and oxygen atoms in total. The lowest BCUT2D eigenvalue weighted by atomic mass is 9.74. The highest BCUT2D eigenvalue weighted by atomic mass is 16.5. The minimum atomic E-state index is -0.335. The van der Waals surface area contributed by atoms with Crippen LogP contribution < -0.4 is 5.73 Å². The van der Waals surface area contributed by atoms with Gasteiger partial charge in [0.2, 0.25) is 5.91 Å². The minimum Gasteiger partial charge on any atom is -0.378 e. The van der Waals surface area contributed by atoms with Crippen molar-refractivity contribution < 1.29 is 9.53 Å². The third-order valence-electron chi connectivity index (χ3n) is 5.89. The van der Waals surface area contributed by atoms with E-state index in [0.717, 1.165) is 64.6 Å². The number of benzene rings is 1. The lowest BCUT2D eigenvalue weighted by Crippen LogP contribution is -2.55. The highest BCUT2D eigenvalue weighted by Gasteiger charge is 2.40. The van der Waals surface area contributed by atoms with E-state index >= 15 is 0 Å². The van der Waals surface area contributed by atoms with Crippen molar-refractivity contribution in [1.82, 2.24) is 4.90 Å². The Morgan fingerprint density at radius 2 is 1.92 bits per heavy atom. The van der Waals surface area contributed by atoms with Crippen LogP contribution in [-0.2, 0) is 16.0 Å². The van der Waals surface area contributed by atoms with Crippen LogP contribution in [-0.4, -0.2) is 42.1 Å². The number of piperidine rings is 1. The van der Waals surface area contributed by atoms with Crippen molar-refractivity contribution in [2.45, 2.75) is 63.5 Å². The molecule has 4 heteroatoms. The summed E-state index contributed by atoms with van der Waals surface area (Å²) in [7, 11) is 0. The molecule has 2 fully saturated rings. The van der Waals surface area contributed by atoms with Crippen LogP contribution in [0.3, 0.4) is 0 Å². The van der Waals surface area contributed by atoms with Crippen molar-refractivity contribution in [3.8, 4) is 0 Å². The van der Waals surface area contributed by atoms with Crippen molar-refractivity contribution in [2.24, 2.45) is 11.7 Å². The lowest BCUT2D eigenvalue weighted by Gasteiger charge is -2.41. The van der Waals surface area contributed by atoms with Gasteiger partial charge in [-0.1, -0.05) is 43.2 Å². The highest BCUT2D eigenvalue weighted by Crippen LogP contribution is 2.33. The summed E-state index contributed by atoms with van der Waals surface area (Å²) in [6, 6.07) is 10.4. The molecule has 0 radical (unpaired) electrons. The van der Waals surface area contributed by atoms with Gasteiger partial charge < -0.3 is 15.4 Å². The largest absolute Gasteiger partial charge is 0.378 e. The summed E-state index contributed by atoms with van der Waals surface area (Å²) in [5.41, 5.74) is 7.39. The number of rotatable bonds is 5. The predicted molar refractivity (Wildman–Crippen MR) is 100 cm³/mol. The first-order valence-corrected chi connectivity index (χ1v) is 9.79. The van der Waals surface area contributed by atoms with E-state index in [9.17, 15) is 4.79 Å². The van der Waals surface area contributed by atoms with E-state index in [4.69, 9.17) is 10.5 Å². The van der Waals surface area contributed by atoms with Crippen LogP contribution in [0.1, 0.15) is 51.0 Å². The van der Waals surface area contributed by atoms with Crippen LogP contribution in [0.25, 0.3) is 0 Å². The molecule has 3 rings (SSSR count). The molecule has 2 unspecified atom stereocenters. The molecule has 2 aliphatic rings. The van der Waals surface area contributed by atoms with Crippen molar-refractivity contribution in [2.75, 3.05) is 19.7 Å². The van der Waals surface area contributed by atoms with E-state index in [2.05, 4.69) is 24.3 Å². The van der Waals surface area contributed by atoms with Gasteiger partial charge in [0.05, 0.1) is 18.6 Å². The standard InChI is InChI=1S/C21H32N2O2/c1-21(22)13-6-5-9-19(21)20(24)23-14-10-18(11-15-23)25-16-12-17-7-3-2-4-8-17/h2-4,7-8,18-19H,5-6,9-16,22H2,1H3. The molecule has 1 heterocycles. The number of amides is 1. The average molecular weight is 344 g/mol. The highest BCUT2D eigenvalue weighted by molar-refractivity contribution is 5.80. The van der Waals surface area contributed by atoms with Gasteiger partial charge in [-0.3, -0.25) is 4.79 Å². The molecule has 0 spiro atoms. The van der Waals surface area contributed by atoms with Crippen molar-refractivity contribution >= 4 is 5.91 Å². The Bertz CT molecular complexity index is 550. The Morgan fingerprint density at radius 1 is 1.20 bits per heavy atom. The molecule has 138 valence electrons. The summed E-state index contributed by atoms with van der Waals surface area (Å²) in [6.07, 6.45) is 7.29. The van der Waals surface area contributed by atoms with Gasteiger partial charge in [-0.15, -0.1) is 0 Å². The number of carbonyl (C=O) groups is 1. The van der Waals surface area contributed by atoms with E-state index in [0.29, 0.717) is 0 Å². The van der Waals surface area contributed by atoms with Gasteiger partial charge in [0, 0.05) is 18.6 Å². The molecule has 0 aromatic heterocycles. The Balaban J connectivity index is 1.41. The monoisotopic (exact) mass is 344 g/mol. The molecule has 2 N–H and O–H groups in total. The molecular weight excluding hydrogens is 312 g/mol. The number of carbonyl (C=O) groups excluding carboxylic acids is 1. The molecule has 1 aliphatic heterocycles. The van der Waals surface area contributed by atoms with Crippen LogP contribution in [0.5, 0.6) is 0 Å². The number of likely N-dealkylation sites (tertiary alicyclic amines) is 1. The summed E-state index contributed by atoms with van der Waals surface area (Å²) in [6.45, 7) is 4.42. The van der Waals surface area contributed by atoms with Gasteiger partial charge in [0.25, 0.3) is 0 Å². The van der Waals surface area contributed by atoms with Crippen LogP contribution in [0.4, 0.5) is 0 Å². The van der Waals surface area contributed by atoms with E-state index in [1.165, 1.54) is 5.56 Å². The summed E-state index contributed by atoms with van der Waals surface area (Å²) in [5, 5.41) is 0. The molecule has 1 aliphatic carbocycles. The smallest absolute Gasteiger partial charge is 0.227 e. The number of hydrogen-bond donors (Lipinski definition) is 1. The molecule has 25 heavy (non-hydrogen) atoms. The van der Waals surface area contributed by atoms with Gasteiger partial charge in [0.15, 0.2) is 0 Å². The van der Waals surface area contributed by atoms with Crippen LogP contribution in [0.2, 0.25) is 0 Å². The zero-order valence-electron chi connectivity index (χ0n) is 15.5. The number of hydrogen-bond acceptors (Lipinski definition) is 3. The van der Waals surface area contributed by atoms with Crippen LogP contribution >= 0.6 is 0 Å². The van der Waals surface area contributed by atoms with Gasteiger partial charge >= 0.3 is 0 Å². The second-order valence-electron chi connectivity index (χ2n) is 7.94. The molecule has 1 saturated carbocycles. The fraction of sp³-hybridized carbons (Fsp3) is 0.667. The van der Waals surface area contributed by atoms with Crippen molar-refractivity contribution in [1.29, 1.82) is 0 Å². The van der Waals surface area contributed by atoms with Crippen molar-refractivity contribution in [3.05, 3.63) is 35.9 Å². The summed E-state index contributed by atoms with van der Waals surface area (Å²) >= 11 is 0. The molecule has 2 atom stereocenters. The maximum absolute atomic E-state index is 12.9. The fourth-order valence-corrected chi connectivity index (χ4v) is 4.22. The SMILES string of the molecule is CC1(N)CCCCC1C(=O)N1CCC(OCCc2ccccc2)CC1. The molecule has 1 aromatic carbocycles. The Kier molecular flexibility index (Phi) is 6.13. The van der Waals surface area contributed by atoms with Crippen LogP contribution in [0.15, 0.2) is 30.3 Å². The molecule has 0 bridgehead atoms. The number of nitrogens with two attached hydrogens (primary N) is 1. The van der Waals surface area contributed by atoms with E-state index < -0.39 is 0 Å². The first-order valence-electron chi connectivity index (χ1n) is 9.79. The normalized spacial score (nSPS) is 28.1. The van der Waals surface area contributed by atoms with Crippen LogP contribution in [0, 0.1) is 5.92 Å². The van der Waals surface area contributed by atoms with E-state index in [-0.39, 0.29) is 23.5 Å². The number of ether oxygens (including phenoxy) is 1. The Hall–Kier alpha value is -1.39. The van der Waals surface area contributed by atoms with Gasteiger partial charge in [0.1, 0.15) is 0 Å². The van der Waals surface area contributed by atoms with Crippen molar-refractivity contribution in [3.63, 3.8) is 0 Å². The Morgan fingerprint density at radius 3 is 2.60 bits per heavy atom. The second-order valence-corrected chi connectivity index (χ2v) is 7.94. The zero-order valence-corrected chi connectivity index (χ0v) is 15.5. The maximum Gasteiger partial charge on any atom is 0.227 e. The first kappa shape index (κ1) is 18.4. The summed E-state index contributed by atoms with van der Waals surface area (Å²) < 4.78 is 6.04.